The van der Waals surface area contributed by atoms with Gasteiger partial charge in [0.05, 0.1) is 18.4 Å². The minimum absolute atomic E-state index is 0.0287. The molecule has 1 aromatic carbocycles. The molecule has 1 aliphatic rings. The molecule has 1 unspecified atom stereocenters. The molecule has 1 aliphatic heterocycles. The molecule has 1 saturated heterocycles. The monoisotopic (exact) mass is 324 g/mol. The molecule has 5 nitrogen and oxygen atoms in total. The maximum absolute atomic E-state index is 14.1. The molecule has 1 atom stereocenters. The molecule has 1 N–H and O–H groups in total. The van der Waals surface area contributed by atoms with E-state index in [9.17, 15) is 9.18 Å². The molecule has 6 heteroatoms. The Labute approximate surface area is 136 Å². The van der Waals surface area contributed by atoms with Crippen molar-refractivity contribution < 1.29 is 18.7 Å². The Morgan fingerprint density at radius 1 is 1.52 bits per heavy atom. The van der Waals surface area contributed by atoms with Crippen LogP contribution in [0.1, 0.15) is 27.2 Å². The van der Waals surface area contributed by atoms with Crippen molar-refractivity contribution in [3.8, 4) is 5.75 Å². The molecule has 128 valence electrons. The van der Waals surface area contributed by atoms with Crippen LogP contribution in [0.2, 0.25) is 0 Å². The van der Waals surface area contributed by atoms with Gasteiger partial charge in [-0.1, -0.05) is 0 Å². The van der Waals surface area contributed by atoms with Gasteiger partial charge in [0.25, 0.3) is 0 Å². The van der Waals surface area contributed by atoms with Gasteiger partial charge in [-0.05, 0) is 39.3 Å². The number of carbonyl (C=O) groups is 1. The highest BCUT2D eigenvalue weighted by molar-refractivity contribution is 5.89. The van der Waals surface area contributed by atoms with E-state index in [1.807, 2.05) is 20.8 Å². The molecule has 0 radical (unpaired) electrons. The summed E-state index contributed by atoms with van der Waals surface area (Å²) in [5.74, 6) is 0.301. The number of hydrogen-bond acceptors (Lipinski definition) is 3. The van der Waals surface area contributed by atoms with Gasteiger partial charge in [0.15, 0.2) is 0 Å². The van der Waals surface area contributed by atoms with Crippen LogP contribution in [0.3, 0.4) is 0 Å². The minimum atomic E-state index is -0.503. The van der Waals surface area contributed by atoms with Gasteiger partial charge in [0, 0.05) is 31.7 Å². The molecule has 0 aliphatic carbocycles. The van der Waals surface area contributed by atoms with Crippen LogP contribution in [-0.2, 0) is 4.74 Å². The lowest BCUT2D eigenvalue weighted by Crippen LogP contribution is -2.38. The summed E-state index contributed by atoms with van der Waals surface area (Å²) >= 11 is 0. The summed E-state index contributed by atoms with van der Waals surface area (Å²) in [6.07, 6.45) is 0.929. The van der Waals surface area contributed by atoms with Crippen LogP contribution in [0.5, 0.6) is 5.75 Å². The first-order chi connectivity index (χ1) is 11.0. The van der Waals surface area contributed by atoms with E-state index in [2.05, 4.69) is 5.32 Å². The van der Waals surface area contributed by atoms with Gasteiger partial charge >= 0.3 is 6.03 Å². The van der Waals surface area contributed by atoms with Gasteiger partial charge in [-0.15, -0.1) is 0 Å². The maximum atomic E-state index is 14.1. The second-order valence-electron chi connectivity index (χ2n) is 6.01. The van der Waals surface area contributed by atoms with Crippen molar-refractivity contribution in [2.75, 3.05) is 31.6 Å². The van der Waals surface area contributed by atoms with Crippen LogP contribution in [0, 0.1) is 11.7 Å². The molecular weight excluding hydrogens is 299 g/mol. The SMILES string of the molecule is CCN(CC1CCOC1)C(=O)Nc1ccc(OC(C)C)cc1F. The first-order valence-corrected chi connectivity index (χ1v) is 8.09. The fourth-order valence-electron chi connectivity index (χ4n) is 2.53. The zero-order valence-corrected chi connectivity index (χ0v) is 14.0. The first-order valence-electron chi connectivity index (χ1n) is 8.09. The average molecular weight is 324 g/mol. The minimum Gasteiger partial charge on any atom is -0.491 e. The smallest absolute Gasteiger partial charge is 0.321 e. The van der Waals surface area contributed by atoms with Crippen LogP contribution in [-0.4, -0.2) is 43.3 Å². The number of anilines is 1. The van der Waals surface area contributed by atoms with Crippen LogP contribution >= 0.6 is 0 Å². The summed E-state index contributed by atoms with van der Waals surface area (Å²) in [6.45, 7) is 8.27. The quantitative estimate of drug-likeness (QED) is 0.871. The Morgan fingerprint density at radius 3 is 2.87 bits per heavy atom. The molecule has 23 heavy (non-hydrogen) atoms. The first kappa shape index (κ1) is 17.5. The zero-order valence-electron chi connectivity index (χ0n) is 14.0. The molecule has 2 amide bonds. The van der Waals surface area contributed by atoms with Crippen molar-refractivity contribution in [3.05, 3.63) is 24.0 Å². The van der Waals surface area contributed by atoms with Gasteiger partial charge in [0.1, 0.15) is 11.6 Å². The fourth-order valence-corrected chi connectivity index (χ4v) is 2.53. The van der Waals surface area contributed by atoms with Crippen molar-refractivity contribution >= 4 is 11.7 Å². The molecule has 0 bridgehead atoms. The van der Waals surface area contributed by atoms with Crippen LogP contribution in [0.4, 0.5) is 14.9 Å². The molecule has 1 aromatic rings. The number of benzene rings is 1. The number of rotatable bonds is 6. The summed E-state index contributed by atoms with van der Waals surface area (Å²) < 4.78 is 24.9. The highest BCUT2D eigenvalue weighted by atomic mass is 19.1. The molecule has 2 rings (SSSR count). The highest BCUT2D eigenvalue weighted by Crippen LogP contribution is 2.22. The summed E-state index contributed by atoms with van der Waals surface area (Å²) in [6, 6.07) is 4.17. The predicted octanol–water partition coefficient (Wildman–Crippen LogP) is 3.50. The summed E-state index contributed by atoms with van der Waals surface area (Å²) in [5.41, 5.74) is 0.159. The topological polar surface area (TPSA) is 50.8 Å². The summed E-state index contributed by atoms with van der Waals surface area (Å²) in [4.78, 5) is 14.0. The lowest BCUT2D eigenvalue weighted by Gasteiger charge is -2.24. The lowest BCUT2D eigenvalue weighted by atomic mass is 10.1. The Morgan fingerprint density at radius 2 is 2.30 bits per heavy atom. The second kappa shape index (κ2) is 8.15. The fraction of sp³-hybridized carbons (Fsp3) is 0.588. The highest BCUT2D eigenvalue weighted by Gasteiger charge is 2.22. The normalized spacial score (nSPS) is 17.3. The summed E-state index contributed by atoms with van der Waals surface area (Å²) in [5, 5.41) is 2.63. The third-order valence-corrected chi connectivity index (χ3v) is 3.73. The molecule has 1 heterocycles. The van der Waals surface area contributed by atoms with Gasteiger partial charge in [-0.25, -0.2) is 9.18 Å². The standard InChI is InChI=1S/C17H25FN2O3/c1-4-20(10-13-7-8-22-11-13)17(21)19-16-6-5-14(9-15(16)18)23-12(2)3/h5-6,9,12-13H,4,7-8,10-11H2,1-3H3,(H,19,21). The molecule has 0 aromatic heterocycles. The van der Waals surface area contributed by atoms with Crippen LogP contribution in [0.15, 0.2) is 18.2 Å². The van der Waals surface area contributed by atoms with Crippen molar-refractivity contribution in [2.45, 2.75) is 33.3 Å². The Bertz CT molecular complexity index is 531. The number of carbonyl (C=O) groups excluding carboxylic acids is 1. The second-order valence-corrected chi connectivity index (χ2v) is 6.01. The van der Waals surface area contributed by atoms with E-state index >= 15 is 0 Å². The third-order valence-electron chi connectivity index (χ3n) is 3.73. The van der Waals surface area contributed by atoms with E-state index in [0.29, 0.717) is 31.4 Å². The molecule has 0 saturated carbocycles. The van der Waals surface area contributed by atoms with E-state index in [4.69, 9.17) is 9.47 Å². The van der Waals surface area contributed by atoms with E-state index in [0.717, 1.165) is 13.0 Å². The number of urea groups is 1. The molecule has 1 fully saturated rings. The van der Waals surface area contributed by atoms with E-state index in [1.54, 1.807) is 11.0 Å². The Balaban J connectivity index is 1.97. The van der Waals surface area contributed by atoms with Crippen LogP contribution < -0.4 is 10.1 Å². The van der Waals surface area contributed by atoms with Gasteiger partial charge in [0.2, 0.25) is 0 Å². The number of ether oxygens (including phenoxy) is 2. The lowest BCUT2D eigenvalue weighted by molar-refractivity contribution is 0.171. The van der Waals surface area contributed by atoms with Gasteiger partial charge in [-0.2, -0.15) is 0 Å². The van der Waals surface area contributed by atoms with Crippen molar-refractivity contribution in [2.24, 2.45) is 5.92 Å². The Hall–Kier alpha value is -1.82. The van der Waals surface area contributed by atoms with E-state index in [1.165, 1.54) is 12.1 Å². The largest absolute Gasteiger partial charge is 0.491 e. The number of nitrogens with zero attached hydrogens (tertiary/aromatic N) is 1. The zero-order chi connectivity index (χ0) is 16.8. The molecule has 0 spiro atoms. The number of nitrogens with one attached hydrogen (secondary N) is 1. The number of hydrogen-bond donors (Lipinski definition) is 1. The predicted molar refractivity (Wildman–Crippen MR) is 87.4 cm³/mol. The van der Waals surface area contributed by atoms with Crippen LogP contribution in [0.25, 0.3) is 0 Å². The van der Waals surface area contributed by atoms with Gasteiger partial charge in [-0.3, -0.25) is 0 Å². The third kappa shape index (κ3) is 5.10. The summed E-state index contributed by atoms with van der Waals surface area (Å²) in [7, 11) is 0. The Kier molecular flexibility index (Phi) is 6.21. The average Bonchev–Trinajstić information content (AvgIpc) is 3.00. The number of amides is 2. The van der Waals surface area contributed by atoms with Gasteiger partial charge < -0.3 is 19.7 Å². The van der Waals surface area contributed by atoms with Crippen molar-refractivity contribution in [1.29, 1.82) is 0 Å². The van der Waals surface area contributed by atoms with Crippen molar-refractivity contribution in [1.82, 2.24) is 4.90 Å². The number of halogens is 1. The van der Waals surface area contributed by atoms with E-state index in [-0.39, 0.29) is 17.8 Å². The maximum Gasteiger partial charge on any atom is 0.321 e. The van der Waals surface area contributed by atoms with E-state index < -0.39 is 5.82 Å². The van der Waals surface area contributed by atoms with Crippen molar-refractivity contribution in [3.63, 3.8) is 0 Å². The molecular formula is C17H25FN2O3.